The highest BCUT2D eigenvalue weighted by atomic mass is 79.9. The molecule has 0 bridgehead atoms. The monoisotopic (exact) mass is 353 g/mol. The predicted octanol–water partition coefficient (Wildman–Crippen LogP) is 4.49. The van der Waals surface area contributed by atoms with E-state index in [0.29, 0.717) is 5.92 Å². The van der Waals surface area contributed by atoms with Gasteiger partial charge < -0.3 is 9.64 Å². The lowest BCUT2D eigenvalue weighted by atomic mass is 9.79. The quantitative estimate of drug-likeness (QED) is 0.733. The number of nitrogens with zero attached hydrogens (tertiary/aromatic N) is 1. The van der Waals surface area contributed by atoms with Crippen molar-refractivity contribution in [3.63, 3.8) is 0 Å². The fraction of sp³-hybridized carbons (Fsp3) is 0.588. The van der Waals surface area contributed by atoms with Gasteiger partial charge in [0.1, 0.15) is 5.75 Å². The number of halogens is 1. The number of alkyl halides is 1. The summed E-state index contributed by atoms with van der Waals surface area (Å²) in [6.45, 7) is 10.3. The molecule has 0 fully saturated rings. The minimum Gasteiger partial charge on any atom is -0.497 e. The lowest BCUT2D eigenvalue weighted by molar-refractivity contribution is -0.121. The molecule has 1 amide bonds. The van der Waals surface area contributed by atoms with E-state index in [1.807, 2.05) is 30.9 Å². The maximum Gasteiger partial charge on any atom is 0.243 e. The third-order valence-electron chi connectivity index (χ3n) is 4.13. The summed E-state index contributed by atoms with van der Waals surface area (Å²) in [5.41, 5.74) is 1.96. The minimum absolute atomic E-state index is 0.0777. The van der Waals surface area contributed by atoms with Crippen LogP contribution in [0.3, 0.4) is 0 Å². The van der Waals surface area contributed by atoms with E-state index < -0.39 is 4.32 Å². The second-order valence-corrected chi connectivity index (χ2v) is 8.94. The zero-order valence-corrected chi connectivity index (χ0v) is 15.2. The number of carbonyl (C=O) groups excluding carboxylic acids is 1. The first-order valence-corrected chi connectivity index (χ1v) is 8.09. The topological polar surface area (TPSA) is 29.5 Å². The zero-order chi connectivity index (χ0) is 16.0. The Morgan fingerprint density at radius 1 is 1.43 bits per heavy atom. The molecule has 0 saturated carbocycles. The third kappa shape index (κ3) is 2.96. The summed E-state index contributed by atoms with van der Waals surface area (Å²) in [5.74, 6) is 1.28. The number of ether oxygens (including phenoxy) is 1. The van der Waals surface area contributed by atoms with Gasteiger partial charge in [-0.15, -0.1) is 0 Å². The zero-order valence-electron chi connectivity index (χ0n) is 13.7. The minimum atomic E-state index is -0.592. The van der Waals surface area contributed by atoms with Crippen LogP contribution in [0.25, 0.3) is 0 Å². The van der Waals surface area contributed by atoms with Crippen LogP contribution in [0.2, 0.25) is 0 Å². The Hall–Kier alpha value is -1.03. The van der Waals surface area contributed by atoms with Crippen molar-refractivity contribution in [2.75, 3.05) is 12.0 Å². The van der Waals surface area contributed by atoms with Gasteiger partial charge in [-0.25, -0.2) is 0 Å². The van der Waals surface area contributed by atoms with Crippen molar-refractivity contribution in [2.24, 2.45) is 0 Å². The number of rotatable bonds is 2. The summed E-state index contributed by atoms with van der Waals surface area (Å²) in [5, 5.41) is 0. The first-order chi connectivity index (χ1) is 9.58. The van der Waals surface area contributed by atoms with E-state index in [1.54, 1.807) is 7.11 Å². The molecule has 0 aromatic heterocycles. The summed E-state index contributed by atoms with van der Waals surface area (Å²) in [6.07, 6.45) is 0.946. The van der Waals surface area contributed by atoms with Gasteiger partial charge in [0.25, 0.3) is 0 Å². The summed E-state index contributed by atoms with van der Waals surface area (Å²) in [6, 6.07) is 6.02. The van der Waals surface area contributed by atoms with Crippen molar-refractivity contribution < 1.29 is 9.53 Å². The van der Waals surface area contributed by atoms with Crippen LogP contribution < -0.4 is 9.64 Å². The highest BCUT2D eigenvalue weighted by Gasteiger charge is 2.43. The highest BCUT2D eigenvalue weighted by Crippen LogP contribution is 2.46. The van der Waals surface area contributed by atoms with E-state index >= 15 is 0 Å². The second-order valence-electron chi connectivity index (χ2n) is 6.96. The molecule has 0 radical (unpaired) electrons. The molecule has 1 atom stereocenters. The van der Waals surface area contributed by atoms with Crippen molar-refractivity contribution >= 4 is 27.5 Å². The molecule has 4 heteroatoms. The van der Waals surface area contributed by atoms with Crippen LogP contribution in [0.4, 0.5) is 5.69 Å². The third-order valence-corrected chi connectivity index (χ3v) is 4.47. The average Bonchev–Trinajstić information content (AvgIpc) is 2.35. The molecule has 0 unspecified atom stereocenters. The van der Waals surface area contributed by atoms with Crippen LogP contribution in [0.15, 0.2) is 18.2 Å². The molecule has 1 aromatic carbocycles. The molecule has 1 aromatic rings. The SMILES string of the molecule is COc1ccc2c(c1)N(C(=O)C(C)(C)Br)C(C)(C)C[C@@H]2C. The van der Waals surface area contributed by atoms with E-state index in [2.05, 4.69) is 42.8 Å². The van der Waals surface area contributed by atoms with Crippen LogP contribution in [-0.2, 0) is 4.79 Å². The van der Waals surface area contributed by atoms with Gasteiger partial charge >= 0.3 is 0 Å². The normalized spacial score (nSPS) is 20.9. The van der Waals surface area contributed by atoms with Crippen LogP contribution in [-0.4, -0.2) is 22.9 Å². The Balaban J connectivity index is 2.62. The first-order valence-electron chi connectivity index (χ1n) is 7.29. The van der Waals surface area contributed by atoms with Crippen LogP contribution in [0.1, 0.15) is 52.5 Å². The number of fused-ring (bicyclic) bond motifs is 1. The van der Waals surface area contributed by atoms with Crippen LogP contribution in [0.5, 0.6) is 5.75 Å². The maximum atomic E-state index is 12.9. The molecule has 1 aliphatic rings. The molecule has 0 spiro atoms. The Morgan fingerprint density at radius 3 is 2.57 bits per heavy atom. The number of anilines is 1. The van der Waals surface area contributed by atoms with Gasteiger partial charge in [-0.3, -0.25) is 4.79 Å². The molecule has 0 N–H and O–H groups in total. The van der Waals surface area contributed by atoms with E-state index in [0.717, 1.165) is 17.9 Å². The lowest BCUT2D eigenvalue weighted by Gasteiger charge is -2.47. The van der Waals surface area contributed by atoms with Crippen molar-refractivity contribution in [1.82, 2.24) is 0 Å². The van der Waals surface area contributed by atoms with Gasteiger partial charge in [0.05, 0.1) is 17.1 Å². The number of hydrogen-bond donors (Lipinski definition) is 0. The van der Waals surface area contributed by atoms with Crippen molar-refractivity contribution in [3.05, 3.63) is 23.8 Å². The Labute approximate surface area is 135 Å². The number of methoxy groups -OCH3 is 1. The van der Waals surface area contributed by atoms with Gasteiger partial charge in [0, 0.05) is 11.6 Å². The summed E-state index contributed by atoms with van der Waals surface area (Å²) in [4.78, 5) is 14.9. The molecule has 2 rings (SSSR count). The van der Waals surface area contributed by atoms with E-state index in [4.69, 9.17) is 4.74 Å². The lowest BCUT2D eigenvalue weighted by Crippen LogP contribution is -2.56. The molecular weight excluding hydrogens is 330 g/mol. The van der Waals surface area contributed by atoms with Gasteiger partial charge in [-0.2, -0.15) is 0 Å². The van der Waals surface area contributed by atoms with Gasteiger partial charge in [0.2, 0.25) is 5.91 Å². The van der Waals surface area contributed by atoms with E-state index in [-0.39, 0.29) is 11.4 Å². The first kappa shape index (κ1) is 16.3. The summed E-state index contributed by atoms with van der Waals surface area (Å²) < 4.78 is 4.76. The molecular formula is C17H24BrNO2. The van der Waals surface area contributed by atoms with E-state index in [1.165, 1.54) is 5.56 Å². The fourth-order valence-electron chi connectivity index (χ4n) is 3.19. The van der Waals surface area contributed by atoms with Gasteiger partial charge in [-0.1, -0.05) is 28.9 Å². The predicted molar refractivity (Wildman–Crippen MR) is 90.6 cm³/mol. The largest absolute Gasteiger partial charge is 0.497 e. The molecule has 0 aliphatic carbocycles. The van der Waals surface area contributed by atoms with Crippen LogP contribution >= 0.6 is 15.9 Å². The standard InChI is InChI=1S/C17H24BrNO2/c1-11-10-16(2,3)19(15(20)17(4,5)18)14-9-12(21-6)7-8-13(11)14/h7-9,11H,10H2,1-6H3/t11-/m0/s1. The number of benzene rings is 1. The van der Waals surface area contributed by atoms with E-state index in [9.17, 15) is 4.79 Å². The molecule has 1 heterocycles. The van der Waals surface area contributed by atoms with Gasteiger partial charge in [-0.05, 0) is 51.7 Å². The highest BCUT2D eigenvalue weighted by molar-refractivity contribution is 9.10. The summed E-state index contributed by atoms with van der Waals surface area (Å²) >= 11 is 3.51. The van der Waals surface area contributed by atoms with Crippen LogP contribution in [0, 0.1) is 0 Å². The van der Waals surface area contributed by atoms with Crippen molar-refractivity contribution in [2.45, 2.75) is 56.8 Å². The Morgan fingerprint density at radius 2 is 2.05 bits per heavy atom. The number of amides is 1. The fourth-order valence-corrected chi connectivity index (χ4v) is 3.36. The Bertz CT molecular complexity index is 560. The molecule has 21 heavy (non-hydrogen) atoms. The molecule has 116 valence electrons. The molecule has 3 nitrogen and oxygen atoms in total. The number of carbonyl (C=O) groups is 1. The number of hydrogen-bond acceptors (Lipinski definition) is 2. The van der Waals surface area contributed by atoms with Gasteiger partial charge in [0.15, 0.2) is 0 Å². The molecule has 1 aliphatic heterocycles. The average molecular weight is 354 g/mol. The van der Waals surface area contributed by atoms with Crippen molar-refractivity contribution in [1.29, 1.82) is 0 Å². The smallest absolute Gasteiger partial charge is 0.243 e. The maximum absolute atomic E-state index is 12.9. The second kappa shape index (κ2) is 5.31. The van der Waals surface area contributed by atoms with Crippen molar-refractivity contribution in [3.8, 4) is 5.75 Å². The summed E-state index contributed by atoms with van der Waals surface area (Å²) in [7, 11) is 1.65. The molecule has 0 saturated heterocycles. The Kier molecular flexibility index (Phi) is 4.13.